The Bertz CT molecular complexity index is 1450. The third kappa shape index (κ3) is 4.68. The fourth-order valence-corrected chi connectivity index (χ4v) is 3.29. The molecule has 4 aromatic rings. The van der Waals surface area contributed by atoms with Crippen molar-refractivity contribution in [3.63, 3.8) is 0 Å². The predicted octanol–water partition coefficient (Wildman–Crippen LogP) is 4.12. The highest BCUT2D eigenvalue weighted by Gasteiger charge is 2.13. The second-order valence-electron chi connectivity index (χ2n) is 6.96. The van der Waals surface area contributed by atoms with Gasteiger partial charge in [-0.2, -0.15) is 10.4 Å². The van der Waals surface area contributed by atoms with E-state index in [1.54, 1.807) is 42.6 Å². The number of benzene rings is 3. The third-order valence-corrected chi connectivity index (χ3v) is 4.83. The summed E-state index contributed by atoms with van der Waals surface area (Å²) in [5.41, 5.74) is 5.37. The van der Waals surface area contributed by atoms with Gasteiger partial charge in [0.05, 0.1) is 17.5 Å². The predicted molar refractivity (Wildman–Crippen MR) is 125 cm³/mol. The molecule has 0 saturated carbocycles. The number of carboxylic acids is 1. The van der Waals surface area contributed by atoms with Gasteiger partial charge in [0.25, 0.3) is 5.56 Å². The molecular weight excluding hydrogens is 418 g/mol. The minimum Gasteiger partial charge on any atom is -0.478 e. The van der Waals surface area contributed by atoms with Crippen LogP contribution >= 0.6 is 0 Å². The molecule has 0 radical (unpaired) electrons. The number of anilines is 1. The molecule has 160 valence electrons. The number of aromatic amines is 1. The van der Waals surface area contributed by atoms with Crippen LogP contribution in [0.3, 0.4) is 0 Å². The molecule has 0 saturated heterocycles. The molecule has 0 aliphatic heterocycles. The Kier molecular flexibility index (Phi) is 6.05. The number of hydrazone groups is 1. The van der Waals surface area contributed by atoms with Crippen molar-refractivity contribution in [2.24, 2.45) is 5.10 Å². The maximum atomic E-state index is 12.4. The van der Waals surface area contributed by atoms with E-state index in [0.717, 1.165) is 16.7 Å². The van der Waals surface area contributed by atoms with Crippen molar-refractivity contribution in [2.75, 3.05) is 5.43 Å². The average molecular weight is 435 g/mol. The lowest BCUT2D eigenvalue weighted by Gasteiger charge is -2.08. The first-order valence-electron chi connectivity index (χ1n) is 9.88. The summed E-state index contributed by atoms with van der Waals surface area (Å²) in [5.74, 6) is -0.922. The summed E-state index contributed by atoms with van der Waals surface area (Å²) in [5, 5.41) is 22.8. The Morgan fingerprint density at radius 1 is 1.03 bits per heavy atom. The molecule has 0 amide bonds. The Labute approximate surface area is 188 Å². The first kappa shape index (κ1) is 21.2. The summed E-state index contributed by atoms with van der Waals surface area (Å²) in [6.45, 7) is 0. The molecule has 0 aliphatic rings. The second kappa shape index (κ2) is 9.41. The van der Waals surface area contributed by atoms with Gasteiger partial charge in [0.15, 0.2) is 0 Å². The van der Waals surface area contributed by atoms with Crippen LogP contribution in [0.5, 0.6) is 0 Å². The molecule has 0 spiro atoms. The molecule has 1 aromatic heterocycles. The zero-order valence-corrected chi connectivity index (χ0v) is 17.2. The van der Waals surface area contributed by atoms with Gasteiger partial charge < -0.3 is 5.11 Å². The van der Waals surface area contributed by atoms with Crippen LogP contribution in [0, 0.1) is 11.3 Å². The number of H-pyrrole nitrogens is 1. The number of hydrogen-bond acceptors (Lipinski definition) is 6. The summed E-state index contributed by atoms with van der Waals surface area (Å²) >= 11 is 0. The standard InChI is InChI=1S/C25H17N5O3/c26-14-21-22(16-7-2-1-3-8-16)28-25(29-23(21)31)30-27-15-19-9-4-5-12-20(19)17-10-6-11-18(13-17)24(32)33/h1-13,15H,(H,32,33)(H2,28,29,30,31). The number of nitrogens with zero attached hydrogens (tertiary/aromatic N) is 3. The fraction of sp³-hybridized carbons (Fsp3) is 0. The maximum Gasteiger partial charge on any atom is 0.335 e. The van der Waals surface area contributed by atoms with E-state index in [-0.39, 0.29) is 22.8 Å². The van der Waals surface area contributed by atoms with E-state index >= 15 is 0 Å². The number of aromatic nitrogens is 2. The number of nitrogens with one attached hydrogen (secondary N) is 2. The molecule has 1 heterocycles. The van der Waals surface area contributed by atoms with Crippen molar-refractivity contribution >= 4 is 18.1 Å². The molecule has 0 unspecified atom stereocenters. The number of aromatic carboxylic acids is 1. The third-order valence-electron chi connectivity index (χ3n) is 4.83. The van der Waals surface area contributed by atoms with E-state index in [1.807, 2.05) is 42.5 Å². The molecule has 3 aromatic carbocycles. The van der Waals surface area contributed by atoms with E-state index in [0.29, 0.717) is 5.56 Å². The lowest BCUT2D eigenvalue weighted by Crippen LogP contribution is -2.16. The molecule has 0 fully saturated rings. The van der Waals surface area contributed by atoms with Crippen molar-refractivity contribution < 1.29 is 9.90 Å². The highest BCUT2D eigenvalue weighted by molar-refractivity contribution is 5.93. The van der Waals surface area contributed by atoms with Gasteiger partial charge in [-0.05, 0) is 23.3 Å². The largest absolute Gasteiger partial charge is 0.478 e. The quantitative estimate of drug-likeness (QED) is 0.308. The minimum atomic E-state index is -1.00. The zero-order valence-electron chi connectivity index (χ0n) is 17.2. The van der Waals surface area contributed by atoms with Crippen LogP contribution in [0.4, 0.5) is 5.95 Å². The first-order chi connectivity index (χ1) is 16.1. The van der Waals surface area contributed by atoms with E-state index in [9.17, 15) is 20.0 Å². The Morgan fingerprint density at radius 3 is 2.52 bits per heavy atom. The van der Waals surface area contributed by atoms with Crippen LogP contribution in [0.2, 0.25) is 0 Å². The number of hydrogen-bond donors (Lipinski definition) is 3. The molecule has 4 rings (SSSR count). The van der Waals surface area contributed by atoms with Crippen molar-refractivity contribution in [3.8, 4) is 28.5 Å². The molecule has 0 aliphatic carbocycles. The van der Waals surface area contributed by atoms with Crippen molar-refractivity contribution in [1.82, 2.24) is 9.97 Å². The van der Waals surface area contributed by atoms with Crippen LogP contribution in [-0.2, 0) is 0 Å². The highest BCUT2D eigenvalue weighted by atomic mass is 16.4. The molecule has 8 heteroatoms. The van der Waals surface area contributed by atoms with E-state index in [2.05, 4.69) is 20.5 Å². The van der Waals surface area contributed by atoms with Gasteiger partial charge in [-0.15, -0.1) is 0 Å². The highest BCUT2D eigenvalue weighted by Crippen LogP contribution is 2.24. The van der Waals surface area contributed by atoms with Crippen LogP contribution in [0.25, 0.3) is 22.4 Å². The zero-order chi connectivity index (χ0) is 23.2. The molecule has 3 N–H and O–H groups in total. The molecule has 0 bridgehead atoms. The van der Waals surface area contributed by atoms with Crippen LogP contribution in [0.1, 0.15) is 21.5 Å². The number of carboxylic acid groups (broad SMARTS) is 1. The smallest absolute Gasteiger partial charge is 0.335 e. The maximum absolute atomic E-state index is 12.4. The van der Waals surface area contributed by atoms with Gasteiger partial charge in [0.1, 0.15) is 11.6 Å². The van der Waals surface area contributed by atoms with Crippen molar-refractivity contribution in [1.29, 1.82) is 5.26 Å². The van der Waals surface area contributed by atoms with Gasteiger partial charge >= 0.3 is 5.97 Å². The van der Waals surface area contributed by atoms with E-state index in [1.165, 1.54) is 6.07 Å². The van der Waals surface area contributed by atoms with E-state index in [4.69, 9.17) is 0 Å². The lowest BCUT2D eigenvalue weighted by atomic mass is 9.99. The Balaban J connectivity index is 1.65. The summed E-state index contributed by atoms with van der Waals surface area (Å²) in [7, 11) is 0. The second-order valence-corrected chi connectivity index (χ2v) is 6.96. The molecule has 0 atom stereocenters. The number of rotatable bonds is 6. The lowest BCUT2D eigenvalue weighted by molar-refractivity contribution is 0.0697. The summed E-state index contributed by atoms with van der Waals surface area (Å²) < 4.78 is 0. The molecular formula is C25H17N5O3. The summed E-state index contributed by atoms with van der Waals surface area (Å²) in [6, 6.07) is 24.8. The summed E-state index contributed by atoms with van der Waals surface area (Å²) in [6.07, 6.45) is 1.54. The average Bonchev–Trinajstić information content (AvgIpc) is 2.84. The number of nitriles is 1. The van der Waals surface area contributed by atoms with Crippen LogP contribution in [0.15, 0.2) is 88.8 Å². The minimum absolute atomic E-state index is 0.0828. The van der Waals surface area contributed by atoms with Gasteiger partial charge in [-0.25, -0.2) is 15.2 Å². The summed E-state index contributed by atoms with van der Waals surface area (Å²) in [4.78, 5) is 30.5. The van der Waals surface area contributed by atoms with Crippen LogP contribution < -0.4 is 11.0 Å². The SMILES string of the molecule is N#Cc1c(-c2ccccc2)nc(NN=Cc2ccccc2-c2cccc(C(=O)O)c2)[nH]c1=O. The monoisotopic (exact) mass is 435 g/mol. The van der Waals surface area contributed by atoms with Crippen molar-refractivity contribution in [3.05, 3.63) is 106 Å². The van der Waals surface area contributed by atoms with Gasteiger partial charge in [0, 0.05) is 11.1 Å². The topological polar surface area (TPSA) is 131 Å². The van der Waals surface area contributed by atoms with Gasteiger partial charge in [-0.1, -0.05) is 66.7 Å². The van der Waals surface area contributed by atoms with E-state index < -0.39 is 11.5 Å². The van der Waals surface area contributed by atoms with Crippen LogP contribution in [-0.4, -0.2) is 27.3 Å². The fourth-order valence-electron chi connectivity index (χ4n) is 3.29. The number of carbonyl (C=O) groups is 1. The Morgan fingerprint density at radius 2 is 1.76 bits per heavy atom. The normalized spacial score (nSPS) is 10.6. The van der Waals surface area contributed by atoms with Gasteiger partial charge in [0.2, 0.25) is 5.95 Å². The van der Waals surface area contributed by atoms with Gasteiger partial charge in [-0.3, -0.25) is 9.78 Å². The first-order valence-corrected chi connectivity index (χ1v) is 9.88. The Hall–Kier alpha value is -5.03. The molecule has 33 heavy (non-hydrogen) atoms. The van der Waals surface area contributed by atoms with Crippen molar-refractivity contribution in [2.45, 2.75) is 0 Å². The molecule has 8 nitrogen and oxygen atoms in total.